The van der Waals surface area contributed by atoms with Crippen molar-refractivity contribution in [3.05, 3.63) is 35.9 Å². The van der Waals surface area contributed by atoms with Gasteiger partial charge < -0.3 is 16.9 Å². The van der Waals surface area contributed by atoms with Crippen LogP contribution in [0.25, 0.3) is 0 Å². The summed E-state index contributed by atoms with van der Waals surface area (Å²) in [5.41, 5.74) is 1.52. The van der Waals surface area contributed by atoms with Gasteiger partial charge in [0.25, 0.3) is 0 Å². The zero-order valence-corrected chi connectivity index (χ0v) is 27.9. The van der Waals surface area contributed by atoms with Crippen LogP contribution in [0.15, 0.2) is 30.3 Å². The summed E-state index contributed by atoms with van der Waals surface area (Å²) < 4.78 is 1.27. The Hall–Kier alpha value is -0.530. The van der Waals surface area contributed by atoms with Crippen LogP contribution in [0.2, 0.25) is 0 Å². The molecule has 0 aromatic heterocycles. The maximum Gasteiger partial charge on any atom is 0.104 e. The first-order chi connectivity index (χ1) is 18.7. The molecule has 0 aliphatic heterocycles. The molecule has 0 N–H and O–H groups in total. The van der Waals surface area contributed by atoms with E-state index < -0.39 is 0 Å². The van der Waals surface area contributed by atoms with Crippen molar-refractivity contribution in [2.75, 3.05) is 19.6 Å². The van der Waals surface area contributed by atoms with E-state index in [4.69, 9.17) is 0 Å². The molecule has 0 amide bonds. The molecule has 0 spiro atoms. The van der Waals surface area contributed by atoms with Crippen LogP contribution in [-0.4, -0.2) is 24.1 Å². The molecule has 0 radical (unpaired) electrons. The van der Waals surface area contributed by atoms with Gasteiger partial charge in [0.2, 0.25) is 0 Å². The second kappa shape index (κ2) is 27.6. The Bertz CT molecular complexity index is 573. The van der Waals surface area contributed by atoms with Crippen molar-refractivity contribution >= 4 is 0 Å². The predicted molar refractivity (Wildman–Crippen MR) is 173 cm³/mol. The van der Waals surface area contributed by atoms with E-state index in [1.807, 2.05) is 0 Å². The fourth-order valence-electron chi connectivity index (χ4n) is 6.46. The number of nitrogens with zero attached hydrogens (tertiary/aromatic N) is 1. The van der Waals surface area contributed by atoms with Crippen LogP contribution in [-0.2, 0) is 6.54 Å². The summed E-state index contributed by atoms with van der Waals surface area (Å²) in [4.78, 5) is 0. The second-order valence-electron chi connectivity index (χ2n) is 12.6. The van der Waals surface area contributed by atoms with Crippen molar-refractivity contribution < 1.29 is 16.9 Å². The van der Waals surface area contributed by atoms with Gasteiger partial charge >= 0.3 is 0 Å². The fourth-order valence-corrected chi connectivity index (χ4v) is 6.46. The number of benzene rings is 1. The maximum absolute atomic E-state index is 2.44. The number of quaternary nitrogens is 1. The summed E-state index contributed by atoms with van der Waals surface area (Å²) >= 11 is 0. The summed E-state index contributed by atoms with van der Waals surface area (Å²) in [5, 5.41) is 0. The standard InChI is InChI=1S/C37H70N.ClH/c1-5-9-11-13-15-17-19-21-23-26-30-36(31-27-24-22-20-18-16-14-12-10-6-2)34-38(7-3,8-4)35-37-32-28-25-29-33-37;/h25,28-29,32-33,36H,5-24,26-27,30-31,34-35H2,1-4H3;1H/q+1;/p-1. The highest BCUT2D eigenvalue weighted by Gasteiger charge is 2.28. The van der Waals surface area contributed by atoms with Gasteiger partial charge in [-0.1, -0.05) is 173 Å². The van der Waals surface area contributed by atoms with Crippen LogP contribution in [0.4, 0.5) is 0 Å². The van der Waals surface area contributed by atoms with Crippen LogP contribution in [0.5, 0.6) is 0 Å². The highest BCUT2D eigenvalue weighted by molar-refractivity contribution is 5.13. The van der Waals surface area contributed by atoms with Crippen molar-refractivity contribution in [2.45, 2.75) is 175 Å². The van der Waals surface area contributed by atoms with E-state index in [1.165, 1.54) is 177 Å². The summed E-state index contributed by atoms with van der Waals surface area (Å²) in [6, 6.07) is 11.3. The van der Waals surface area contributed by atoms with Crippen LogP contribution in [0, 0.1) is 5.92 Å². The highest BCUT2D eigenvalue weighted by atomic mass is 35.5. The lowest BCUT2D eigenvalue weighted by atomic mass is 9.92. The largest absolute Gasteiger partial charge is 1.00 e. The third-order valence-electron chi connectivity index (χ3n) is 9.28. The van der Waals surface area contributed by atoms with E-state index in [1.54, 1.807) is 0 Å². The molecule has 39 heavy (non-hydrogen) atoms. The van der Waals surface area contributed by atoms with E-state index >= 15 is 0 Å². The quantitative estimate of drug-likeness (QED) is 0.0703. The minimum atomic E-state index is 0. The van der Waals surface area contributed by atoms with Gasteiger partial charge in [0, 0.05) is 11.5 Å². The van der Waals surface area contributed by atoms with Crippen LogP contribution < -0.4 is 12.4 Å². The third kappa shape index (κ3) is 20.9. The maximum atomic E-state index is 2.44. The molecule has 0 fully saturated rings. The van der Waals surface area contributed by atoms with Gasteiger partial charge in [-0.2, -0.15) is 0 Å². The zero-order valence-electron chi connectivity index (χ0n) is 27.2. The Morgan fingerprint density at radius 3 is 1.21 bits per heavy atom. The summed E-state index contributed by atoms with van der Waals surface area (Å²) in [6.07, 6.45) is 31.9. The topological polar surface area (TPSA) is 0 Å². The van der Waals surface area contributed by atoms with Crippen LogP contribution in [0.1, 0.15) is 175 Å². The zero-order chi connectivity index (χ0) is 27.6. The van der Waals surface area contributed by atoms with E-state index in [0.29, 0.717) is 0 Å². The minimum absolute atomic E-state index is 0. The second-order valence-corrected chi connectivity index (χ2v) is 12.6. The first-order valence-electron chi connectivity index (χ1n) is 17.6. The van der Waals surface area contributed by atoms with Gasteiger partial charge in [0.1, 0.15) is 6.54 Å². The molecule has 1 rings (SSSR count). The van der Waals surface area contributed by atoms with E-state index in [0.717, 1.165) is 5.92 Å². The van der Waals surface area contributed by atoms with Crippen molar-refractivity contribution in [1.82, 2.24) is 0 Å². The van der Waals surface area contributed by atoms with Crippen LogP contribution >= 0.6 is 0 Å². The molecule has 0 atom stereocenters. The van der Waals surface area contributed by atoms with Gasteiger partial charge in [-0.05, 0) is 26.7 Å². The molecule has 1 aromatic rings. The molecule has 0 heterocycles. The lowest BCUT2D eigenvalue weighted by Crippen LogP contribution is -3.00. The summed E-state index contributed by atoms with van der Waals surface area (Å²) in [6.45, 7) is 14.6. The summed E-state index contributed by atoms with van der Waals surface area (Å²) in [5.74, 6) is 0.904. The molecule has 0 bridgehead atoms. The molecule has 1 nitrogen and oxygen atoms in total. The van der Waals surface area contributed by atoms with Crippen molar-refractivity contribution in [2.24, 2.45) is 5.92 Å². The minimum Gasteiger partial charge on any atom is -1.00 e. The Morgan fingerprint density at radius 1 is 0.487 bits per heavy atom. The molecule has 0 saturated heterocycles. The molecular formula is C37H70ClN. The Kier molecular flexibility index (Phi) is 27.3. The molecule has 2 heteroatoms. The number of hydrogen-bond donors (Lipinski definition) is 0. The summed E-state index contributed by atoms with van der Waals surface area (Å²) in [7, 11) is 0. The predicted octanol–water partition coefficient (Wildman–Crippen LogP) is 9.29. The molecular weight excluding hydrogens is 494 g/mol. The molecule has 0 aliphatic carbocycles. The van der Waals surface area contributed by atoms with Gasteiger partial charge in [-0.15, -0.1) is 0 Å². The number of rotatable bonds is 28. The monoisotopic (exact) mass is 564 g/mol. The van der Waals surface area contributed by atoms with Crippen molar-refractivity contribution in [1.29, 1.82) is 0 Å². The van der Waals surface area contributed by atoms with E-state index in [2.05, 4.69) is 58.0 Å². The average molecular weight is 564 g/mol. The SMILES string of the molecule is CCCCCCCCCCCCC(CCCCCCCCCCCC)C[N+](CC)(CC)Cc1ccccc1.[Cl-]. The van der Waals surface area contributed by atoms with Crippen molar-refractivity contribution in [3.8, 4) is 0 Å². The van der Waals surface area contributed by atoms with E-state index in [9.17, 15) is 0 Å². The number of unbranched alkanes of at least 4 members (excludes halogenated alkanes) is 18. The molecule has 0 aliphatic rings. The van der Waals surface area contributed by atoms with Crippen LogP contribution in [0.3, 0.4) is 0 Å². The van der Waals surface area contributed by atoms with E-state index in [-0.39, 0.29) is 12.4 Å². The number of hydrogen-bond acceptors (Lipinski definition) is 0. The third-order valence-corrected chi connectivity index (χ3v) is 9.28. The smallest absolute Gasteiger partial charge is 0.104 e. The normalized spacial score (nSPS) is 11.7. The molecule has 0 saturated carbocycles. The van der Waals surface area contributed by atoms with Crippen molar-refractivity contribution in [3.63, 3.8) is 0 Å². The Balaban J connectivity index is 0.0000144. The average Bonchev–Trinajstić information content (AvgIpc) is 2.95. The van der Waals surface area contributed by atoms with Gasteiger partial charge in [-0.3, -0.25) is 0 Å². The molecule has 0 unspecified atom stereocenters. The molecule has 230 valence electrons. The number of halogens is 1. The highest BCUT2D eigenvalue weighted by Crippen LogP contribution is 2.26. The van der Waals surface area contributed by atoms with Gasteiger partial charge in [0.05, 0.1) is 19.6 Å². The van der Waals surface area contributed by atoms with Gasteiger partial charge in [0.15, 0.2) is 0 Å². The Labute approximate surface area is 253 Å². The lowest BCUT2D eigenvalue weighted by molar-refractivity contribution is -0.940. The first kappa shape index (κ1) is 38.5. The Morgan fingerprint density at radius 2 is 0.846 bits per heavy atom. The first-order valence-corrected chi connectivity index (χ1v) is 17.6. The fraction of sp³-hybridized carbons (Fsp3) is 0.838. The van der Waals surface area contributed by atoms with Gasteiger partial charge in [-0.25, -0.2) is 0 Å². The molecule has 1 aromatic carbocycles. The lowest BCUT2D eigenvalue weighted by Gasteiger charge is -2.40.